The van der Waals surface area contributed by atoms with E-state index in [-0.39, 0.29) is 11.6 Å². The van der Waals surface area contributed by atoms with Crippen LogP contribution in [0.25, 0.3) is 17.2 Å². The first-order valence-electron chi connectivity index (χ1n) is 15.1. The molecule has 248 valence electrons. The Morgan fingerprint density at radius 1 is 0.878 bits per heavy atom. The normalized spacial score (nSPS) is 11.7. The molecule has 0 saturated carbocycles. The van der Waals surface area contributed by atoms with E-state index < -0.39 is 23.0 Å². The summed E-state index contributed by atoms with van der Waals surface area (Å²) in [5.74, 6) is -1.84. The van der Waals surface area contributed by atoms with Gasteiger partial charge in [0.1, 0.15) is 16.3 Å². The third-order valence-corrected chi connectivity index (χ3v) is 9.47. The number of methoxy groups -OCH3 is 1. The van der Waals surface area contributed by atoms with Crippen molar-refractivity contribution in [3.63, 3.8) is 0 Å². The highest BCUT2D eigenvalue weighted by atomic mass is 35.5. The molecule has 0 aliphatic rings. The van der Waals surface area contributed by atoms with Crippen molar-refractivity contribution in [3.8, 4) is 11.1 Å². The maximum atomic E-state index is 13.5. The van der Waals surface area contributed by atoms with Gasteiger partial charge in [-0.2, -0.15) is 0 Å². The zero-order valence-electron chi connectivity index (χ0n) is 26.8. The zero-order chi connectivity index (χ0) is 34.9. The van der Waals surface area contributed by atoms with E-state index in [1.165, 1.54) is 30.2 Å². The average Bonchev–Trinajstić information content (AvgIpc) is 3.51. The number of anilines is 2. The molecule has 1 unspecified atom stereocenters. The summed E-state index contributed by atoms with van der Waals surface area (Å²) < 4.78 is 5.05. The number of thioether (sulfide) groups is 1. The van der Waals surface area contributed by atoms with Gasteiger partial charge >= 0.3 is 5.97 Å². The molecule has 0 aliphatic heterocycles. The maximum absolute atomic E-state index is 13.5. The predicted molar refractivity (Wildman–Crippen MR) is 198 cm³/mol. The Balaban J connectivity index is 1.30. The molecule has 1 heterocycles. The van der Waals surface area contributed by atoms with Gasteiger partial charge in [0.2, 0.25) is 5.91 Å². The van der Waals surface area contributed by atoms with Gasteiger partial charge < -0.3 is 20.7 Å². The standard InChI is InChI=1S/C38H32ClN3O5S2/c1-23-15-17-26(18-16-23)31-22-48-37(33(31)38(46)47-3)42-34(43)24(2)49-30-14-8-13-29(21-30)40-36(45)32(20-25-9-7-12-28(39)19-25)41-35(44)27-10-5-4-6-11-27/h4-22,24H,1-3H3,(H,40,45)(H,41,44)(H,42,43)/b32-20-. The fourth-order valence-electron chi connectivity index (χ4n) is 4.72. The topological polar surface area (TPSA) is 114 Å². The number of nitrogens with one attached hydrogen (secondary N) is 3. The van der Waals surface area contributed by atoms with E-state index in [4.69, 9.17) is 16.3 Å². The highest BCUT2D eigenvalue weighted by molar-refractivity contribution is 8.00. The minimum Gasteiger partial charge on any atom is -0.465 e. The van der Waals surface area contributed by atoms with Gasteiger partial charge in [-0.25, -0.2) is 4.79 Å². The molecule has 11 heteroatoms. The van der Waals surface area contributed by atoms with Gasteiger partial charge in [-0.1, -0.05) is 77.8 Å². The Morgan fingerprint density at radius 2 is 1.61 bits per heavy atom. The molecule has 3 N–H and O–H groups in total. The number of thiophene rings is 1. The van der Waals surface area contributed by atoms with Gasteiger partial charge in [0.25, 0.3) is 11.8 Å². The molecule has 0 aliphatic carbocycles. The Kier molecular flexibility index (Phi) is 11.7. The lowest BCUT2D eigenvalue weighted by molar-refractivity contribution is -0.115. The number of rotatable bonds is 11. The lowest BCUT2D eigenvalue weighted by atomic mass is 10.0. The van der Waals surface area contributed by atoms with Gasteiger partial charge in [-0.15, -0.1) is 23.1 Å². The number of hydrogen-bond acceptors (Lipinski definition) is 7. The average molecular weight is 710 g/mol. The first kappa shape index (κ1) is 35.2. The van der Waals surface area contributed by atoms with Gasteiger partial charge in [0, 0.05) is 32.1 Å². The Hall–Kier alpha value is -5.16. The molecular formula is C38H32ClN3O5S2. The number of ether oxygens (including phenoxy) is 1. The molecule has 3 amide bonds. The molecular weight excluding hydrogens is 678 g/mol. The summed E-state index contributed by atoms with van der Waals surface area (Å²) >= 11 is 8.70. The lowest BCUT2D eigenvalue weighted by Gasteiger charge is -2.14. The molecule has 0 saturated heterocycles. The molecule has 5 rings (SSSR count). The predicted octanol–water partition coefficient (Wildman–Crippen LogP) is 8.69. The third-order valence-electron chi connectivity index (χ3n) is 7.24. The number of amides is 3. The van der Waals surface area contributed by atoms with Crippen LogP contribution in [0, 0.1) is 6.92 Å². The van der Waals surface area contributed by atoms with Crippen molar-refractivity contribution in [2.45, 2.75) is 24.0 Å². The van der Waals surface area contributed by atoms with E-state index >= 15 is 0 Å². The molecule has 5 aromatic rings. The van der Waals surface area contributed by atoms with Crippen molar-refractivity contribution in [1.29, 1.82) is 0 Å². The summed E-state index contributed by atoms with van der Waals surface area (Å²) in [5, 5.41) is 10.6. The molecule has 1 aromatic heterocycles. The molecule has 4 aromatic carbocycles. The Bertz CT molecular complexity index is 2030. The first-order chi connectivity index (χ1) is 23.6. The van der Waals surface area contributed by atoms with Crippen molar-refractivity contribution in [2.75, 3.05) is 17.7 Å². The highest BCUT2D eigenvalue weighted by Gasteiger charge is 2.24. The number of carbonyl (C=O) groups is 4. The van der Waals surface area contributed by atoms with Crippen molar-refractivity contribution in [3.05, 3.63) is 141 Å². The first-order valence-corrected chi connectivity index (χ1v) is 17.2. The zero-order valence-corrected chi connectivity index (χ0v) is 29.2. The van der Waals surface area contributed by atoms with Crippen LogP contribution in [0.1, 0.15) is 38.8 Å². The fourth-order valence-corrected chi connectivity index (χ4v) is 6.81. The van der Waals surface area contributed by atoms with Gasteiger partial charge in [0.05, 0.1) is 12.4 Å². The number of esters is 1. The van der Waals surface area contributed by atoms with Crippen LogP contribution in [-0.4, -0.2) is 36.1 Å². The molecule has 8 nitrogen and oxygen atoms in total. The number of carbonyl (C=O) groups excluding carboxylic acids is 4. The van der Waals surface area contributed by atoms with E-state index in [0.29, 0.717) is 42.9 Å². The van der Waals surface area contributed by atoms with E-state index in [1.54, 1.807) is 85.8 Å². The molecule has 1 atom stereocenters. The number of hydrogen-bond donors (Lipinski definition) is 3. The SMILES string of the molecule is COC(=O)c1c(-c2ccc(C)cc2)csc1NC(=O)C(C)Sc1cccc(NC(=O)/C(=C/c2cccc(Cl)c2)NC(=O)c2ccccc2)c1. The van der Waals surface area contributed by atoms with Crippen LogP contribution < -0.4 is 16.0 Å². The van der Waals surface area contributed by atoms with E-state index in [1.807, 2.05) is 42.6 Å². The monoisotopic (exact) mass is 709 g/mol. The number of benzene rings is 4. The van der Waals surface area contributed by atoms with Crippen LogP contribution in [-0.2, 0) is 14.3 Å². The van der Waals surface area contributed by atoms with Crippen LogP contribution in [0.2, 0.25) is 5.02 Å². The van der Waals surface area contributed by atoms with E-state index in [0.717, 1.165) is 11.1 Å². The summed E-state index contributed by atoms with van der Waals surface area (Å²) in [4.78, 5) is 53.3. The van der Waals surface area contributed by atoms with Crippen molar-refractivity contribution in [2.24, 2.45) is 0 Å². The molecule has 49 heavy (non-hydrogen) atoms. The molecule has 0 bridgehead atoms. The summed E-state index contributed by atoms with van der Waals surface area (Å²) in [6.07, 6.45) is 1.55. The van der Waals surface area contributed by atoms with Gasteiger partial charge in [-0.05, 0) is 73.5 Å². The van der Waals surface area contributed by atoms with Gasteiger partial charge in [-0.3, -0.25) is 14.4 Å². The van der Waals surface area contributed by atoms with Crippen LogP contribution in [0.15, 0.2) is 119 Å². The largest absolute Gasteiger partial charge is 0.465 e. The Morgan fingerprint density at radius 3 is 2.33 bits per heavy atom. The van der Waals surface area contributed by atoms with Crippen molar-refractivity contribution >= 4 is 75.2 Å². The fraction of sp³-hybridized carbons (Fsp3) is 0.105. The second-order valence-electron chi connectivity index (χ2n) is 10.9. The number of aryl methyl sites for hydroxylation is 1. The molecule has 0 fully saturated rings. The molecule has 0 spiro atoms. The number of halogens is 1. The van der Waals surface area contributed by atoms with Crippen LogP contribution >= 0.6 is 34.7 Å². The lowest BCUT2D eigenvalue weighted by Crippen LogP contribution is -2.30. The van der Waals surface area contributed by atoms with Gasteiger partial charge in [0.15, 0.2) is 0 Å². The minimum atomic E-state index is -0.565. The maximum Gasteiger partial charge on any atom is 0.341 e. The van der Waals surface area contributed by atoms with Crippen LogP contribution in [0.4, 0.5) is 10.7 Å². The minimum absolute atomic E-state index is 0.0179. The molecule has 0 radical (unpaired) electrons. The van der Waals surface area contributed by atoms with E-state index in [9.17, 15) is 19.2 Å². The smallest absolute Gasteiger partial charge is 0.341 e. The summed E-state index contributed by atoms with van der Waals surface area (Å²) in [6.45, 7) is 3.74. The third kappa shape index (κ3) is 9.26. The summed E-state index contributed by atoms with van der Waals surface area (Å²) in [6, 6.07) is 30.3. The van der Waals surface area contributed by atoms with Crippen LogP contribution in [0.3, 0.4) is 0 Å². The summed E-state index contributed by atoms with van der Waals surface area (Å²) in [7, 11) is 1.31. The van der Waals surface area contributed by atoms with Crippen molar-refractivity contribution < 1.29 is 23.9 Å². The quantitative estimate of drug-likeness (QED) is 0.0719. The van der Waals surface area contributed by atoms with Crippen molar-refractivity contribution in [1.82, 2.24) is 5.32 Å². The summed E-state index contributed by atoms with van der Waals surface area (Å²) in [5.41, 5.74) is 4.41. The second-order valence-corrected chi connectivity index (χ2v) is 13.6. The second kappa shape index (κ2) is 16.3. The van der Waals surface area contributed by atoms with E-state index in [2.05, 4.69) is 16.0 Å². The highest BCUT2D eigenvalue weighted by Crippen LogP contribution is 2.37. The van der Waals surface area contributed by atoms with Crippen LogP contribution in [0.5, 0.6) is 0 Å². The Labute approximate surface area is 297 Å².